The Morgan fingerprint density at radius 2 is 2.10 bits per heavy atom. The van der Waals surface area contributed by atoms with Crippen molar-refractivity contribution in [1.29, 1.82) is 0 Å². The molecule has 0 radical (unpaired) electrons. The van der Waals surface area contributed by atoms with Gasteiger partial charge in [-0.05, 0) is 31.0 Å². The third kappa shape index (κ3) is 3.88. The Morgan fingerprint density at radius 1 is 1.33 bits per heavy atom. The highest BCUT2D eigenvalue weighted by Crippen LogP contribution is 2.21. The number of hydrogen-bond donors (Lipinski definition) is 0. The van der Waals surface area contributed by atoms with Gasteiger partial charge in [0.05, 0.1) is 5.69 Å². The molecule has 0 saturated carbocycles. The number of carbonyl (C=O) groups excluding carboxylic acids is 2. The van der Waals surface area contributed by atoms with Crippen LogP contribution in [0.1, 0.15) is 26.6 Å². The van der Waals surface area contributed by atoms with Gasteiger partial charge in [-0.3, -0.25) is 4.79 Å². The van der Waals surface area contributed by atoms with Gasteiger partial charge >= 0.3 is 0 Å². The molecule has 0 aliphatic rings. The van der Waals surface area contributed by atoms with Crippen molar-refractivity contribution in [2.75, 3.05) is 6.61 Å². The summed E-state index contributed by atoms with van der Waals surface area (Å²) in [6.45, 7) is 3.77. The number of benzene rings is 1. The first-order valence-electron chi connectivity index (χ1n) is 6.34. The number of ketones is 1. The molecule has 1 heterocycles. The lowest BCUT2D eigenvalue weighted by molar-refractivity contribution is -0.304. The van der Waals surface area contributed by atoms with Crippen LogP contribution >= 0.6 is 11.3 Å². The zero-order chi connectivity index (χ0) is 15.4. The average molecular weight is 304 g/mol. The van der Waals surface area contributed by atoms with E-state index in [1.54, 1.807) is 11.4 Å². The maximum Gasteiger partial charge on any atom is 0.228 e. The number of Topliss-reactive ketones (excluding diaryl/α,β-unsaturated/α-hetero) is 1. The zero-order valence-electron chi connectivity index (χ0n) is 11.7. The second-order valence-corrected chi connectivity index (χ2v) is 5.46. The number of ether oxygens (including phenoxy) is 1. The molecular formula is C15H14NO4S-. The van der Waals surface area contributed by atoms with Crippen LogP contribution < -0.4 is 9.84 Å². The van der Waals surface area contributed by atoms with Gasteiger partial charge in [0.15, 0.2) is 11.6 Å². The normalized spacial score (nSPS) is 10.4. The average Bonchev–Trinajstić information content (AvgIpc) is 2.88. The third-order valence-corrected chi connectivity index (χ3v) is 3.96. The summed E-state index contributed by atoms with van der Waals surface area (Å²) in [4.78, 5) is 26.4. The first-order chi connectivity index (χ1) is 9.97. The molecule has 0 N–H and O–H groups in total. The summed E-state index contributed by atoms with van der Waals surface area (Å²) in [7, 11) is 0. The maximum absolute atomic E-state index is 12.0. The number of hydrogen-bond acceptors (Lipinski definition) is 6. The number of aromatic nitrogens is 1. The molecule has 6 heteroatoms. The van der Waals surface area contributed by atoms with E-state index >= 15 is 0 Å². The summed E-state index contributed by atoms with van der Waals surface area (Å²) >= 11 is 1.11. The molecule has 110 valence electrons. The first kappa shape index (κ1) is 15.2. The van der Waals surface area contributed by atoms with Crippen molar-refractivity contribution in [2.45, 2.75) is 20.3 Å². The van der Waals surface area contributed by atoms with E-state index in [1.165, 1.54) is 0 Å². The smallest absolute Gasteiger partial charge is 0.228 e. The molecule has 0 aliphatic carbocycles. The highest BCUT2D eigenvalue weighted by atomic mass is 32.1. The molecule has 1 aromatic carbocycles. The Balaban J connectivity index is 2.00. The second kappa shape index (κ2) is 6.49. The Labute approximate surface area is 126 Å². The molecule has 21 heavy (non-hydrogen) atoms. The molecule has 0 unspecified atom stereocenters. The molecule has 0 aliphatic heterocycles. The van der Waals surface area contributed by atoms with E-state index in [-0.39, 0.29) is 23.8 Å². The van der Waals surface area contributed by atoms with Crippen molar-refractivity contribution >= 4 is 23.1 Å². The van der Waals surface area contributed by atoms with E-state index in [9.17, 15) is 14.7 Å². The minimum Gasteiger partial charge on any atom is -0.550 e. The van der Waals surface area contributed by atoms with Crippen molar-refractivity contribution in [2.24, 2.45) is 0 Å². The van der Waals surface area contributed by atoms with Crippen molar-refractivity contribution in [3.05, 3.63) is 45.4 Å². The van der Waals surface area contributed by atoms with Gasteiger partial charge in [-0.1, -0.05) is 12.1 Å². The molecule has 2 aromatic rings. The number of carboxylic acid groups (broad SMARTS) is 1. The van der Waals surface area contributed by atoms with Gasteiger partial charge in [0.25, 0.3) is 0 Å². The number of carboxylic acids is 1. The van der Waals surface area contributed by atoms with E-state index in [2.05, 4.69) is 4.98 Å². The topological polar surface area (TPSA) is 79.3 Å². The van der Waals surface area contributed by atoms with Crippen LogP contribution in [0, 0.1) is 13.8 Å². The fraction of sp³-hybridized carbons (Fsp3) is 0.267. The molecule has 5 nitrogen and oxygen atoms in total. The Bertz CT molecular complexity index is 678. The van der Waals surface area contributed by atoms with Crippen molar-refractivity contribution in [3.63, 3.8) is 0 Å². The predicted octanol–water partition coefficient (Wildman–Crippen LogP) is 1.31. The van der Waals surface area contributed by atoms with Crippen LogP contribution in [0.5, 0.6) is 5.75 Å². The Morgan fingerprint density at radius 3 is 2.81 bits per heavy atom. The van der Waals surface area contributed by atoms with Gasteiger partial charge < -0.3 is 14.6 Å². The van der Waals surface area contributed by atoms with E-state index < -0.39 is 5.97 Å². The highest BCUT2D eigenvalue weighted by Gasteiger charge is 2.13. The molecule has 1 aromatic heterocycles. The number of nitrogens with zero attached hydrogens (tertiary/aromatic N) is 1. The molecule has 0 fully saturated rings. The minimum absolute atomic E-state index is 0.122. The van der Waals surface area contributed by atoms with Gasteiger partial charge in [-0.25, -0.2) is 4.98 Å². The molecule has 0 atom stereocenters. The van der Waals surface area contributed by atoms with Crippen LogP contribution in [0.25, 0.3) is 0 Å². The quantitative estimate of drug-likeness (QED) is 0.752. The van der Waals surface area contributed by atoms with Gasteiger partial charge in [0.1, 0.15) is 5.75 Å². The van der Waals surface area contributed by atoms with Crippen LogP contribution in [0.2, 0.25) is 0 Å². The molecule has 0 saturated heterocycles. The largest absolute Gasteiger partial charge is 0.550 e. The Hall–Kier alpha value is -2.21. The molecule has 0 amide bonds. The van der Waals surface area contributed by atoms with E-state index in [0.29, 0.717) is 11.4 Å². The summed E-state index contributed by atoms with van der Waals surface area (Å²) in [5.41, 5.74) is 2.41. The second-order valence-electron chi connectivity index (χ2n) is 4.60. The summed E-state index contributed by atoms with van der Waals surface area (Å²) in [5, 5.41) is 12.3. The third-order valence-electron chi connectivity index (χ3n) is 3.03. The number of aryl methyl sites for hydroxylation is 1. The summed E-state index contributed by atoms with van der Waals surface area (Å²) in [6, 6.07) is 5.64. The van der Waals surface area contributed by atoms with Gasteiger partial charge in [-0.2, -0.15) is 0 Å². The van der Waals surface area contributed by atoms with Crippen molar-refractivity contribution in [3.8, 4) is 5.75 Å². The molecule has 2 rings (SSSR count). The molecular weight excluding hydrogens is 290 g/mol. The lowest BCUT2D eigenvalue weighted by Gasteiger charge is -2.09. The Kier molecular flexibility index (Phi) is 4.70. The van der Waals surface area contributed by atoms with E-state index in [1.807, 2.05) is 26.0 Å². The summed E-state index contributed by atoms with van der Waals surface area (Å²) in [5.74, 6) is -0.827. The monoisotopic (exact) mass is 304 g/mol. The van der Waals surface area contributed by atoms with E-state index in [4.69, 9.17) is 4.74 Å². The first-order valence-corrected chi connectivity index (χ1v) is 7.22. The van der Waals surface area contributed by atoms with Crippen LogP contribution in [-0.4, -0.2) is 23.3 Å². The predicted molar refractivity (Wildman–Crippen MR) is 76.6 cm³/mol. The SMILES string of the molecule is Cc1cccc(OCC(=O)c2nc(CC(=O)[O-])cs2)c1C. The lowest BCUT2D eigenvalue weighted by atomic mass is 10.1. The van der Waals surface area contributed by atoms with Crippen LogP contribution in [-0.2, 0) is 11.2 Å². The van der Waals surface area contributed by atoms with Gasteiger partial charge in [-0.15, -0.1) is 11.3 Å². The number of rotatable bonds is 6. The van der Waals surface area contributed by atoms with Crippen LogP contribution in [0.3, 0.4) is 0 Å². The number of thiazole rings is 1. The van der Waals surface area contributed by atoms with Gasteiger partial charge in [0, 0.05) is 17.8 Å². The summed E-state index contributed by atoms with van der Waals surface area (Å²) in [6.07, 6.45) is -0.290. The van der Waals surface area contributed by atoms with Crippen LogP contribution in [0.4, 0.5) is 0 Å². The summed E-state index contributed by atoms with van der Waals surface area (Å²) < 4.78 is 5.51. The molecule has 0 spiro atoms. The minimum atomic E-state index is -1.22. The molecule has 0 bridgehead atoms. The van der Waals surface area contributed by atoms with Crippen molar-refractivity contribution in [1.82, 2.24) is 4.98 Å². The fourth-order valence-corrected chi connectivity index (χ4v) is 2.49. The van der Waals surface area contributed by atoms with Crippen LogP contribution in [0.15, 0.2) is 23.6 Å². The number of aliphatic carboxylic acids is 1. The fourth-order valence-electron chi connectivity index (χ4n) is 1.75. The van der Waals surface area contributed by atoms with Crippen molar-refractivity contribution < 1.29 is 19.4 Å². The van der Waals surface area contributed by atoms with E-state index in [0.717, 1.165) is 22.5 Å². The zero-order valence-corrected chi connectivity index (χ0v) is 12.5. The maximum atomic E-state index is 12.0. The van der Waals surface area contributed by atoms with Gasteiger partial charge in [0.2, 0.25) is 5.78 Å². The highest BCUT2D eigenvalue weighted by molar-refractivity contribution is 7.11. The lowest BCUT2D eigenvalue weighted by Crippen LogP contribution is -2.24. The standard InChI is InChI=1S/C15H15NO4S/c1-9-4-3-5-13(10(9)2)20-7-12(17)15-16-11(8-21-15)6-14(18)19/h3-5,8H,6-7H2,1-2H3,(H,18,19)/p-1. The number of carbonyl (C=O) groups is 2.